The predicted octanol–water partition coefficient (Wildman–Crippen LogP) is 14.4. The maximum Gasteiger partial charge on any atom is 0.0640 e. The molecule has 10 aromatic rings. The van der Waals surface area contributed by atoms with Crippen LogP contribution in [0.5, 0.6) is 0 Å². The zero-order chi connectivity index (χ0) is 32.3. The van der Waals surface area contributed by atoms with Crippen molar-refractivity contribution in [3.63, 3.8) is 0 Å². The second kappa shape index (κ2) is 11.5. The van der Waals surface area contributed by atoms with Crippen LogP contribution >= 0.6 is 22.7 Å². The van der Waals surface area contributed by atoms with E-state index in [1.54, 1.807) is 0 Å². The number of benzene rings is 8. The van der Waals surface area contributed by atoms with Gasteiger partial charge in [0.25, 0.3) is 0 Å². The zero-order valence-electron chi connectivity index (χ0n) is 26.5. The summed E-state index contributed by atoms with van der Waals surface area (Å²) < 4.78 is 5.23. The molecule has 1 nitrogen and oxygen atoms in total. The van der Waals surface area contributed by atoms with E-state index in [0.717, 1.165) is 5.69 Å². The van der Waals surface area contributed by atoms with Crippen molar-refractivity contribution in [3.05, 3.63) is 176 Å². The van der Waals surface area contributed by atoms with Crippen LogP contribution in [0, 0.1) is 0 Å². The lowest BCUT2D eigenvalue weighted by atomic mass is 9.95. The highest BCUT2D eigenvalue weighted by molar-refractivity contribution is 7.27. The molecular weight excluding hydrogens is 631 g/mol. The fourth-order valence-electron chi connectivity index (χ4n) is 7.36. The van der Waals surface area contributed by atoms with Crippen LogP contribution in [0.4, 0.5) is 17.1 Å². The summed E-state index contributed by atoms with van der Waals surface area (Å²) >= 11 is 3.76. The molecule has 2 aromatic heterocycles. The van der Waals surface area contributed by atoms with Gasteiger partial charge in [0.15, 0.2) is 0 Å². The van der Waals surface area contributed by atoms with Crippen LogP contribution in [0.3, 0.4) is 0 Å². The predicted molar refractivity (Wildman–Crippen MR) is 215 cm³/mol. The number of thiophene rings is 2. The highest BCUT2D eigenvalue weighted by atomic mass is 32.1. The Kier molecular flexibility index (Phi) is 6.61. The van der Waals surface area contributed by atoms with Gasteiger partial charge < -0.3 is 4.90 Å². The molecule has 230 valence electrons. The molecule has 0 N–H and O–H groups in total. The van der Waals surface area contributed by atoms with Crippen molar-refractivity contribution < 1.29 is 0 Å². The Labute approximate surface area is 292 Å². The van der Waals surface area contributed by atoms with E-state index in [1.165, 1.54) is 84.7 Å². The van der Waals surface area contributed by atoms with Gasteiger partial charge in [0.2, 0.25) is 0 Å². The lowest BCUT2D eigenvalue weighted by molar-refractivity contribution is 1.32. The van der Waals surface area contributed by atoms with Crippen LogP contribution < -0.4 is 4.90 Å². The van der Waals surface area contributed by atoms with Gasteiger partial charge in [0.1, 0.15) is 0 Å². The summed E-state index contributed by atoms with van der Waals surface area (Å²) in [7, 11) is 0. The standard InChI is InChI=1S/C46H29NS2/c1-2-11-31(12-3-1)35-16-8-13-33-29-32(25-28-36(33)35)30-23-26-34(27-24-30)47(41-19-9-17-39-37-14-4-6-21-43(37)48-45(39)41)42-20-10-18-40-38-15-5-7-22-44(38)49-46(40)42/h1-29H. The van der Waals surface area contributed by atoms with Gasteiger partial charge in [-0.15, -0.1) is 22.7 Å². The molecule has 0 unspecified atom stereocenters. The molecule has 0 aliphatic carbocycles. The van der Waals surface area contributed by atoms with E-state index in [2.05, 4.69) is 181 Å². The first-order chi connectivity index (χ1) is 24.3. The average molecular weight is 660 g/mol. The normalized spacial score (nSPS) is 11.7. The summed E-state index contributed by atoms with van der Waals surface area (Å²) in [5.74, 6) is 0. The van der Waals surface area contributed by atoms with Crippen molar-refractivity contribution in [1.82, 2.24) is 0 Å². The number of anilines is 3. The Morgan fingerprint density at radius 2 is 0.898 bits per heavy atom. The van der Waals surface area contributed by atoms with E-state index in [0.29, 0.717) is 0 Å². The highest BCUT2D eigenvalue weighted by Crippen LogP contribution is 2.49. The molecule has 0 aliphatic heterocycles. The molecule has 0 atom stereocenters. The Balaban J connectivity index is 1.14. The largest absolute Gasteiger partial charge is 0.308 e. The first-order valence-corrected chi connectivity index (χ1v) is 18.2. The minimum atomic E-state index is 1.14. The summed E-state index contributed by atoms with van der Waals surface area (Å²) in [5.41, 5.74) is 8.48. The molecular formula is C46H29NS2. The second-order valence-electron chi connectivity index (χ2n) is 12.5. The van der Waals surface area contributed by atoms with Crippen molar-refractivity contribution in [3.8, 4) is 22.3 Å². The minimum Gasteiger partial charge on any atom is -0.308 e. The zero-order valence-corrected chi connectivity index (χ0v) is 28.1. The molecule has 49 heavy (non-hydrogen) atoms. The van der Waals surface area contributed by atoms with Gasteiger partial charge >= 0.3 is 0 Å². The van der Waals surface area contributed by atoms with Gasteiger partial charge in [-0.2, -0.15) is 0 Å². The summed E-state index contributed by atoms with van der Waals surface area (Å²) in [6, 6.07) is 64.3. The summed E-state index contributed by atoms with van der Waals surface area (Å²) in [4.78, 5) is 2.48. The molecule has 0 aliphatic rings. The molecule has 0 fully saturated rings. The van der Waals surface area contributed by atoms with Crippen LogP contribution in [0.15, 0.2) is 176 Å². The average Bonchev–Trinajstić information content (AvgIpc) is 3.75. The van der Waals surface area contributed by atoms with E-state index < -0.39 is 0 Å². The fraction of sp³-hybridized carbons (Fsp3) is 0. The molecule has 0 spiro atoms. The molecule has 0 bridgehead atoms. The van der Waals surface area contributed by atoms with Crippen molar-refractivity contribution in [2.45, 2.75) is 0 Å². The minimum absolute atomic E-state index is 1.14. The first kappa shape index (κ1) is 28.3. The third kappa shape index (κ3) is 4.66. The van der Waals surface area contributed by atoms with Crippen molar-refractivity contribution in [1.29, 1.82) is 0 Å². The fourth-order valence-corrected chi connectivity index (χ4v) is 9.77. The van der Waals surface area contributed by atoms with Gasteiger partial charge in [0.05, 0.1) is 20.8 Å². The third-order valence-corrected chi connectivity index (χ3v) is 12.1. The van der Waals surface area contributed by atoms with E-state index >= 15 is 0 Å². The third-order valence-electron chi connectivity index (χ3n) is 9.67. The van der Waals surface area contributed by atoms with Gasteiger partial charge in [-0.1, -0.05) is 133 Å². The van der Waals surface area contributed by atoms with Crippen molar-refractivity contribution in [2.75, 3.05) is 4.90 Å². The van der Waals surface area contributed by atoms with Gasteiger partial charge in [0, 0.05) is 36.6 Å². The number of rotatable bonds is 5. The number of fused-ring (bicyclic) bond motifs is 7. The number of nitrogens with zero attached hydrogens (tertiary/aromatic N) is 1. The number of hydrogen-bond donors (Lipinski definition) is 0. The summed E-state index contributed by atoms with van der Waals surface area (Å²) in [6.45, 7) is 0. The van der Waals surface area contributed by atoms with E-state index in [1.807, 2.05) is 22.7 Å². The number of hydrogen-bond acceptors (Lipinski definition) is 3. The maximum atomic E-state index is 2.48. The van der Waals surface area contributed by atoms with Crippen LogP contribution in [0.25, 0.3) is 73.4 Å². The Morgan fingerprint density at radius 1 is 0.347 bits per heavy atom. The smallest absolute Gasteiger partial charge is 0.0640 e. The topological polar surface area (TPSA) is 3.24 Å². The molecule has 10 rings (SSSR count). The summed E-state index contributed by atoms with van der Waals surface area (Å²) in [5, 5.41) is 7.74. The molecule has 0 amide bonds. The Bertz CT molecular complexity index is 2710. The Morgan fingerprint density at radius 3 is 1.55 bits per heavy atom. The second-order valence-corrected chi connectivity index (χ2v) is 14.6. The molecule has 3 heteroatoms. The van der Waals surface area contributed by atoms with Crippen LogP contribution in [-0.4, -0.2) is 0 Å². The molecule has 0 saturated carbocycles. The van der Waals surface area contributed by atoms with Crippen LogP contribution in [-0.2, 0) is 0 Å². The van der Waals surface area contributed by atoms with Crippen molar-refractivity contribution in [2.24, 2.45) is 0 Å². The van der Waals surface area contributed by atoms with Gasteiger partial charge in [-0.3, -0.25) is 0 Å². The van der Waals surface area contributed by atoms with E-state index in [-0.39, 0.29) is 0 Å². The molecule has 8 aromatic carbocycles. The quantitative estimate of drug-likeness (QED) is 0.178. The molecule has 0 radical (unpaired) electrons. The molecule has 2 heterocycles. The summed E-state index contributed by atoms with van der Waals surface area (Å²) in [6.07, 6.45) is 0. The Hall–Kier alpha value is -5.74. The lowest BCUT2D eigenvalue weighted by Crippen LogP contribution is -2.10. The van der Waals surface area contributed by atoms with Crippen LogP contribution in [0.1, 0.15) is 0 Å². The first-order valence-electron chi connectivity index (χ1n) is 16.6. The van der Waals surface area contributed by atoms with Crippen molar-refractivity contribution >= 4 is 90.9 Å². The highest BCUT2D eigenvalue weighted by Gasteiger charge is 2.21. The monoisotopic (exact) mass is 659 g/mol. The van der Waals surface area contributed by atoms with E-state index in [9.17, 15) is 0 Å². The van der Waals surface area contributed by atoms with E-state index in [4.69, 9.17) is 0 Å². The molecule has 0 saturated heterocycles. The van der Waals surface area contributed by atoms with Crippen LogP contribution in [0.2, 0.25) is 0 Å². The van der Waals surface area contributed by atoms with Gasteiger partial charge in [-0.25, -0.2) is 0 Å². The SMILES string of the molecule is c1ccc(-c2cccc3cc(-c4ccc(N(c5cccc6c5sc5ccccc56)c5cccc6c5sc5ccccc56)cc4)ccc23)cc1. The maximum absolute atomic E-state index is 2.48. The van der Waals surface area contributed by atoms with Gasteiger partial charge in [-0.05, 0) is 75.5 Å². The lowest BCUT2D eigenvalue weighted by Gasteiger charge is -2.27.